The van der Waals surface area contributed by atoms with Crippen LogP contribution in [0.3, 0.4) is 0 Å². The molecular formula is C17H21BrFN3O3S. The van der Waals surface area contributed by atoms with Crippen molar-refractivity contribution in [2.24, 2.45) is 0 Å². The van der Waals surface area contributed by atoms with E-state index in [9.17, 15) is 9.18 Å². The number of anilines is 2. The van der Waals surface area contributed by atoms with Gasteiger partial charge in [0.2, 0.25) is 0 Å². The van der Waals surface area contributed by atoms with Gasteiger partial charge in [-0.1, -0.05) is 28.1 Å². The van der Waals surface area contributed by atoms with Gasteiger partial charge in [-0.2, -0.15) is 0 Å². The van der Waals surface area contributed by atoms with Crippen LogP contribution in [0.25, 0.3) is 0 Å². The SMILES string of the molecule is O=C1O[C@@H](CNC(=S)CCBr)CN1c1ccc(N2CCOCC2)c(F)c1. The van der Waals surface area contributed by atoms with Crippen molar-refractivity contribution >= 4 is 50.6 Å². The first-order valence-electron chi connectivity index (χ1n) is 8.51. The van der Waals surface area contributed by atoms with Crippen molar-refractivity contribution in [1.82, 2.24) is 5.32 Å². The second-order valence-corrected chi connectivity index (χ2v) is 7.38. The summed E-state index contributed by atoms with van der Waals surface area (Å²) >= 11 is 8.50. The molecule has 3 rings (SSSR count). The quantitative estimate of drug-likeness (QED) is 0.536. The zero-order chi connectivity index (χ0) is 18.5. The summed E-state index contributed by atoms with van der Waals surface area (Å²) in [4.78, 5) is 16.3. The highest BCUT2D eigenvalue weighted by atomic mass is 79.9. The normalized spacial score (nSPS) is 20.2. The van der Waals surface area contributed by atoms with E-state index in [0.29, 0.717) is 50.8 Å². The number of thiocarbonyl (C=S) groups is 1. The molecule has 1 atom stereocenters. The predicted octanol–water partition coefficient (Wildman–Crippen LogP) is 2.69. The number of carbonyl (C=O) groups is 1. The van der Waals surface area contributed by atoms with E-state index in [1.54, 1.807) is 12.1 Å². The Labute approximate surface area is 165 Å². The smallest absolute Gasteiger partial charge is 0.414 e. The maximum atomic E-state index is 14.6. The molecule has 2 fully saturated rings. The molecule has 1 amide bonds. The number of ether oxygens (including phenoxy) is 2. The van der Waals surface area contributed by atoms with Gasteiger partial charge in [-0.05, 0) is 18.2 Å². The number of benzene rings is 1. The van der Waals surface area contributed by atoms with Crippen LogP contribution in [0.2, 0.25) is 0 Å². The molecular weight excluding hydrogens is 425 g/mol. The van der Waals surface area contributed by atoms with E-state index in [1.807, 2.05) is 4.90 Å². The monoisotopic (exact) mass is 445 g/mol. The van der Waals surface area contributed by atoms with Gasteiger partial charge in [0.05, 0.1) is 42.7 Å². The number of hydrogen-bond acceptors (Lipinski definition) is 5. The molecule has 2 aliphatic rings. The largest absolute Gasteiger partial charge is 0.442 e. The zero-order valence-corrected chi connectivity index (χ0v) is 16.7. The fourth-order valence-corrected chi connectivity index (χ4v) is 3.81. The van der Waals surface area contributed by atoms with E-state index in [1.165, 1.54) is 11.0 Å². The number of cyclic esters (lactones) is 1. The highest BCUT2D eigenvalue weighted by molar-refractivity contribution is 9.09. The van der Waals surface area contributed by atoms with Crippen molar-refractivity contribution in [3.05, 3.63) is 24.0 Å². The van der Waals surface area contributed by atoms with Crippen LogP contribution in [0.5, 0.6) is 0 Å². The Hall–Kier alpha value is -1.45. The predicted molar refractivity (Wildman–Crippen MR) is 106 cm³/mol. The third kappa shape index (κ3) is 4.63. The number of nitrogens with zero attached hydrogens (tertiary/aromatic N) is 2. The first-order valence-corrected chi connectivity index (χ1v) is 10.0. The topological polar surface area (TPSA) is 54.0 Å². The molecule has 0 radical (unpaired) electrons. The van der Waals surface area contributed by atoms with Crippen LogP contribution in [-0.2, 0) is 9.47 Å². The summed E-state index contributed by atoms with van der Waals surface area (Å²) in [6, 6.07) is 4.84. The fraction of sp³-hybridized carbons (Fsp3) is 0.529. The first-order chi connectivity index (χ1) is 12.6. The second kappa shape index (κ2) is 8.96. The summed E-state index contributed by atoms with van der Waals surface area (Å²) in [5, 5.41) is 3.87. The lowest BCUT2D eigenvalue weighted by molar-refractivity contribution is 0.122. The van der Waals surface area contributed by atoms with Crippen molar-refractivity contribution in [3.8, 4) is 0 Å². The van der Waals surface area contributed by atoms with Crippen LogP contribution in [0.15, 0.2) is 18.2 Å². The van der Waals surface area contributed by atoms with E-state index in [-0.39, 0.29) is 11.9 Å². The lowest BCUT2D eigenvalue weighted by Gasteiger charge is -2.29. The van der Waals surface area contributed by atoms with Crippen LogP contribution in [0, 0.1) is 5.82 Å². The van der Waals surface area contributed by atoms with Crippen LogP contribution >= 0.6 is 28.1 Å². The number of amides is 1. The standard InChI is InChI=1S/C17H21BrFN3O3S/c18-4-3-16(26)20-10-13-11-22(17(23)25-13)12-1-2-15(14(19)9-12)21-5-7-24-8-6-21/h1-2,9,13H,3-8,10-11H2,(H,20,26)/t13-/m0/s1. The second-order valence-electron chi connectivity index (χ2n) is 6.09. The van der Waals surface area contributed by atoms with Gasteiger partial charge in [-0.3, -0.25) is 4.90 Å². The van der Waals surface area contributed by atoms with Crippen LogP contribution < -0.4 is 15.1 Å². The molecule has 6 nitrogen and oxygen atoms in total. The molecule has 2 saturated heterocycles. The molecule has 0 aromatic heterocycles. The van der Waals surface area contributed by atoms with Gasteiger partial charge in [0, 0.05) is 24.8 Å². The Bertz CT molecular complexity index is 673. The fourth-order valence-electron chi connectivity index (χ4n) is 2.96. The molecule has 1 aromatic carbocycles. The minimum atomic E-state index is -0.471. The minimum absolute atomic E-state index is 0.322. The van der Waals surface area contributed by atoms with Gasteiger partial charge in [-0.15, -0.1) is 0 Å². The Balaban J connectivity index is 1.62. The van der Waals surface area contributed by atoms with Gasteiger partial charge in [0.25, 0.3) is 0 Å². The van der Waals surface area contributed by atoms with E-state index in [0.717, 1.165) is 16.7 Å². The lowest BCUT2D eigenvalue weighted by atomic mass is 10.2. The molecule has 0 aliphatic carbocycles. The van der Waals surface area contributed by atoms with E-state index in [4.69, 9.17) is 21.7 Å². The number of rotatable bonds is 6. The average molecular weight is 446 g/mol. The van der Waals surface area contributed by atoms with E-state index >= 15 is 0 Å². The molecule has 1 aromatic rings. The molecule has 0 saturated carbocycles. The van der Waals surface area contributed by atoms with Gasteiger partial charge < -0.3 is 19.7 Å². The third-order valence-corrected chi connectivity index (χ3v) is 5.06. The number of hydrogen-bond donors (Lipinski definition) is 1. The first kappa shape index (κ1) is 19.3. The molecule has 2 aliphatic heterocycles. The molecule has 0 bridgehead atoms. The number of morpholine rings is 1. The van der Waals surface area contributed by atoms with Crippen molar-refractivity contribution in [2.75, 3.05) is 54.5 Å². The summed E-state index contributed by atoms with van der Waals surface area (Å²) < 4.78 is 25.2. The lowest BCUT2D eigenvalue weighted by Crippen LogP contribution is -2.36. The van der Waals surface area contributed by atoms with Crippen molar-refractivity contribution in [2.45, 2.75) is 12.5 Å². The summed E-state index contributed by atoms with van der Waals surface area (Å²) in [7, 11) is 0. The Morgan fingerprint density at radius 2 is 2.15 bits per heavy atom. The number of halogens is 2. The summed E-state index contributed by atoms with van der Waals surface area (Å²) in [5.74, 6) is -0.350. The third-order valence-electron chi connectivity index (χ3n) is 4.32. The minimum Gasteiger partial charge on any atom is -0.442 e. The van der Waals surface area contributed by atoms with Crippen LogP contribution in [0.1, 0.15) is 6.42 Å². The van der Waals surface area contributed by atoms with Crippen LogP contribution in [0.4, 0.5) is 20.6 Å². The van der Waals surface area contributed by atoms with Crippen LogP contribution in [-0.4, -0.2) is 61.9 Å². The number of nitrogens with one attached hydrogen (secondary N) is 1. The molecule has 9 heteroatoms. The summed E-state index contributed by atoms with van der Waals surface area (Å²) in [6.07, 6.45) is -0.0621. The highest BCUT2D eigenvalue weighted by Gasteiger charge is 2.32. The van der Waals surface area contributed by atoms with Gasteiger partial charge in [-0.25, -0.2) is 9.18 Å². The molecule has 142 valence electrons. The molecule has 1 N–H and O–H groups in total. The van der Waals surface area contributed by atoms with Gasteiger partial charge in [0.1, 0.15) is 11.9 Å². The zero-order valence-electron chi connectivity index (χ0n) is 14.2. The van der Waals surface area contributed by atoms with Crippen molar-refractivity contribution in [1.29, 1.82) is 0 Å². The maximum Gasteiger partial charge on any atom is 0.414 e. The Morgan fingerprint density at radius 1 is 1.38 bits per heavy atom. The average Bonchev–Trinajstić information content (AvgIpc) is 3.02. The van der Waals surface area contributed by atoms with Crippen molar-refractivity contribution in [3.63, 3.8) is 0 Å². The Kier molecular flexibility index (Phi) is 6.66. The molecule has 26 heavy (non-hydrogen) atoms. The van der Waals surface area contributed by atoms with E-state index < -0.39 is 6.09 Å². The number of carbonyl (C=O) groups excluding carboxylic acids is 1. The maximum absolute atomic E-state index is 14.6. The number of alkyl halides is 1. The molecule has 0 unspecified atom stereocenters. The van der Waals surface area contributed by atoms with Gasteiger partial charge >= 0.3 is 6.09 Å². The summed E-state index contributed by atoms with van der Waals surface area (Å²) in [6.45, 7) is 3.30. The Morgan fingerprint density at radius 3 is 2.85 bits per heavy atom. The van der Waals surface area contributed by atoms with E-state index in [2.05, 4.69) is 21.2 Å². The van der Waals surface area contributed by atoms with Crippen molar-refractivity contribution < 1.29 is 18.7 Å². The summed E-state index contributed by atoms with van der Waals surface area (Å²) in [5.41, 5.74) is 1.03. The molecule has 0 spiro atoms. The highest BCUT2D eigenvalue weighted by Crippen LogP contribution is 2.28. The molecule has 2 heterocycles. The van der Waals surface area contributed by atoms with Gasteiger partial charge in [0.15, 0.2) is 0 Å².